The number of aromatic amines is 1. The van der Waals surface area contributed by atoms with Crippen LogP contribution < -0.4 is 16.5 Å². The summed E-state index contributed by atoms with van der Waals surface area (Å²) < 4.78 is 1.89. The number of fused-ring (bicyclic) bond motifs is 4. The van der Waals surface area contributed by atoms with Gasteiger partial charge in [-0.3, -0.25) is 9.89 Å². The summed E-state index contributed by atoms with van der Waals surface area (Å²) in [4.78, 5) is 15.8. The molecule has 7 heteroatoms. The van der Waals surface area contributed by atoms with Crippen molar-refractivity contribution in [3.8, 4) is 0 Å². The molecule has 0 unspecified atom stereocenters. The average Bonchev–Trinajstić information content (AvgIpc) is 3.18. The molecule has 2 heterocycles. The van der Waals surface area contributed by atoms with Crippen molar-refractivity contribution in [3.63, 3.8) is 0 Å². The Morgan fingerprint density at radius 2 is 2.07 bits per heavy atom. The van der Waals surface area contributed by atoms with Crippen LogP contribution in [0.2, 0.25) is 0 Å². The lowest BCUT2D eigenvalue weighted by Gasteiger charge is -2.17. The summed E-state index contributed by atoms with van der Waals surface area (Å²) >= 11 is 0. The largest absolute Gasteiger partial charge is 0.397 e. The van der Waals surface area contributed by atoms with Crippen LogP contribution in [0.3, 0.4) is 0 Å². The second-order valence-electron chi connectivity index (χ2n) is 7.54. The summed E-state index contributed by atoms with van der Waals surface area (Å²) in [7, 11) is 4.14. The fourth-order valence-electron chi connectivity index (χ4n) is 3.90. The third-order valence-corrected chi connectivity index (χ3v) is 5.30. The molecule has 29 heavy (non-hydrogen) atoms. The third-order valence-electron chi connectivity index (χ3n) is 5.30. The molecule has 0 aliphatic rings. The molecule has 7 nitrogen and oxygen atoms in total. The number of unbranched alkanes of at least 4 members (excludes halogenated alkanes) is 1. The highest BCUT2D eigenvalue weighted by atomic mass is 16.1. The van der Waals surface area contributed by atoms with E-state index in [0.717, 1.165) is 48.0 Å². The Balaban J connectivity index is 1.91. The van der Waals surface area contributed by atoms with E-state index in [1.54, 1.807) is 12.4 Å². The molecular weight excluding hydrogens is 364 g/mol. The van der Waals surface area contributed by atoms with Crippen molar-refractivity contribution >= 4 is 50.3 Å². The van der Waals surface area contributed by atoms with Gasteiger partial charge in [-0.25, -0.2) is 0 Å². The quantitative estimate of drug-likeness (QED) is 0.255. The number of rotatable bonds is 7. The molecule has 0 amide bonds. The monoisotopic (exact) mass is 390 g/mol. The number of hydrogen-bond acceptors (Lipinski definition) is 5. The number of pyridine rings is 1. The number of hydrogen-bond donors (Lipinski definition) is 3. The molecule has 0 fully saturated rings. The zero-order valence-corrected chi connectivity index (χ0v) is 16.8. The zero-order chi connectivity index (χ0) is 20.5. The first-order valence-electron chi connectivity index (χ1n) is 9.76. The minimum absolute atomic E-state index is 0.0526. The second-order valence-corrected chi connectivity index (χ2v) is 7.54. The van der Waals surface area contributed by atoms with E-state index in [2.05, 4.69) is 41.1 Å². The molecule has 4 N–H and O–H groups in total. The summed E-state index contributed by atoms with van der Waals surface area (Å²) in [5, 5.41) is 12.5. The number of nitrogens with two attached hydrogens (primary N) is 1. The maximum absolute atomic E-state index is 13.6. The molecule has 0 bridgehead atoms. The van der Waals surface area contributed by atoms with Gasteiger partial charge in [-0.05, 0) is 57.7 Å². The number of anilines is 2. The first kappa shape index (κ1) is 19.0. The van der Waals surface area contributed by atoms with Gasteiger partial charge in [0.2, 0.25) is 0 Å². The van der Waals surface area contributed by atoms with Crippen LogP contribution in [0.25, 0.3) is 38.9 Å². The highest BCUT2D eigenvalue weighted by Gasteiger charge is 2.17. The molecule has 0 spiro atoms. The van der Waals surface area contributed by atoms with Crippen LogP contribution >= 0.6 is 0 Å². The SMILES string of the molecule is C=Cn1c2ccc3[nH]ncc3c2c(=O)c2c(NCCCCN(C)C)ccc(N)c21. The van der Waals surface area contributed by atoms with Crippen LogP contribution in [-0.4, -0.2) is 46.8 Å². The molecule has 0 atom stereocenters. The maximum Gasteiger partial charge on any atom is 0.200 e. The molecule has 2 aromatic heterocycles. The lowest BCUT2D eigenvalue weighted by Crippen LogP contribution is -2.15. The summed E-state index contributed by atoms with van der Waals surface area (Å²) in [5.74, 6) is 0. The Morgan fingerprint density at radius 3 is 2.83 bits per heavy atom. The van der Waals surface area contributed by atoms with E-state index in [9.17, 15) is 4.79 Å². The van der Waals surface area contributed by atoms with Crippen molar-refractivity contribution in [1.82, 2.24) is 19.7 Å². The van der Waals surface area contributed by atoms with E-state index in [4.69, 9.17) is 5.73 Å². The lowest BCUT2D eigenvalue weighted by atomic mass is 10.0. The van der Waals surface area contributed by atoms with E-state index in [0.29, 0.717) is 22.0 Å². The van der Waals surface area contributed by atoms with Gasteiger partial charge in [0.15, 0.2) is 5.43 Å². The fraction of sp³-hybridized carbons (Fsp3) is 0.273. The van der Waals surface area contributed by atoms with E-state index in [1.165, 1.54) is 0 Å². The van der Waals surface area contributed by atoms with Crippen LogP contribution in [0.5, 0.6) is 0 Å². The van der Waals surface area contributed by atoms with Gasteiger partial charge in [0.1, 0.15) is 0 Å². The summed E-state index contributed by atoms with van der Waals surface area (Å²) in [6.45, 7) is 5.78. The molecule has 2 aromatic carbocycles. The number of nitrogen functional groups attached to an aromatic ring is 1. The minimum atomic E-state index is -0.0526. The van der Waals surface area contributed by atoms with Crippen molar-refractivity contribution in [2.45, 2.75) is 12.8 Å². The third kappa shape index (κ3) is 3.23. The van der Waals surface area contributed by atoms with Crippen LogP contribution in [0.15, 0.2) is 41.8 Å². The summed E-state index contributed by atoms with van der Waals surface area (Å²) in [6, 6.07) is 7.55. The van der Waals surface area contributed by atoms with Gasteiger partial charge in [-0.2, -0.15) is 5.10 Å². The van der Waals surface area contributed by atoms with Crippen molar-refractivity contribution in [1.29, 1.82) is 0 Å². The topological polar surface area (TPSA) is 92.0 Å². The molecule has 0 aliphatic heterocycles. The van der Waals surface area contributed by atoms with Gasteiger partial charge in [-0.1, -0.05) is 6.58 Å². The van der Waals surface area contributed by atoms with Crippen molar-refractivity contribution in [2.75, 3.05) is 38.2 Å². The van der Waals surface area contributed by atoms with Gasteiger partial charge >= 0.3 is 0 Å². The Labute approximate surface area is 168 Å². The molecule has 0 radical (unpaired) electrons. The highest BCUT2D eigenvalue weighted by Crippen LogP contribution is 2.32. The molecule has 0 aliphatic carbocycles. The number of nitrogens with zero attached hydrogens (tertiary/aromatic N) is 3. The predicted molar refractivity (Wildman–Crippen MR) is 122 cm³/mol. The smallest absolute Gasteiger partial charge is 0.200 e. The summed E-state index contributed by atoms with van der Waals surface area (Å²) in [5.41, 5.74) is 9.86. The highest BCUT2D eigenvalue weighted by molar-refractivity contribution is 6.13. The van der Waals surface area contributed by atoms with Gasteiger partial charge in [0, 0.05) is 23.8 Å². The van der Waals surface area contributed by atoms with Crippen molar-refractivity contribution < 1.29 is 0 Å². The Kier molecular flexibility index (Phi) is 4.98. The Hall–Kier alpha value is -3.32. The molecule has 0 saturated heterocycles. The van der Waals surface area contributed by atoms with Crippen LogP contribution in [0.4, 0.5) is 11.4 Å². The first-order valence-corrected chi connectivity index (χ1v) is 9.76. The van der Waals surface area contributed by atoms with Gasteiger partial charge in [0.25, 0.3) is 0 Å². The van der Waals surface area contributed by atoms with Crippen LogP contribution in [0, 0.1) is 0 Å². The van der Waals surface area contributed by atoms with Crippen molar-refractivity contribution in [3.05, 3.63) is 47.3 Å². The average molecular weight is 390 g/mol. The Bertz CT molecular complexity index is 1270. The minimum Gasteiger partial charge on any atom is -0.397 e. The number of nitrogens with one attached hydrogen (secondary N) is 2. The van der Waals surface area contributed by atoms with Gasteiger partial charge < -0.3 is 20.5 Å². The fourth-order valence-corrected chi connectivity index (χ4v) is 3.90. The van der Waals surface area contributed by atoms with E-state index < -0.39 is 0 Å². The standard InChI is InChI=1S/C22H26N6O/c1-4-28-18-10-9-16-14(13-25-26-16)19(18)22(29)20-17(8-7-15(23)21(20)28)24-11-5-6-12-27(2)3/h4,7-10,13,24H,1,5-6,11-12,23H2,2-3H3,(H,25,26). The molecule has 4 rings (SSSR count). The number of benzene rings is 2. The van der Waals surface area contributed by atoms with Gasteiger partial charge in [0.05, 0.1) is 39.2 Å². The normalized spacial score (nSPS) is 11.7. The van der Waals surface area contributed by atoms with Crippen molar-refractivity contribution in [2.24, 2.45) is 0 Å². The second kappa shape index (κ2) is 7.60. The molecule has 150 valence electrons. The van der Waals surface area contributed by atoms with Crippen LogP contribution in [-0.2, 0) is 0 Å². The summed E-state index contributed by atoms with van der Waals surface area (Å²) in [6.07, 6.45) is 5.49. The van der Waals surface area contributed by atoms with E-state index in [1.807, 2.05) is 28.8 Å². The zero-order valence-electron chi connectivity index (χ0n) is 16.8. The predicted octanol–water partition coefficient (Wildman–Crippen LogP) is 3.47. The van der Waals surface area contributed by atoms with Gasteiger partial charge in [-0.15, -0.1) is 0 Å². The molecular formula is C22H26N6O. The molecule has 4 aromatic rings. The lowest BCUT2D eigenvalue weighted by molar-refractivity contribution is 0.396. The van der Waals surface area contributed by atoms with E-state index in [-0.39, 0.29) is 5.43 Å². The Morgan fingerprint density at radius 1 is 1.24 bits per heavy atom. The van der Waals surface area contributed by atoms with E-state index >= 15 is 0 Å². The van der Waals surface area contributed by atoms with Crippen LogP contribution in [0.1, 0.15) is 12.8 Å². The first-order chi connectivity index (χ1) is 14.0. The maximum atomic E-state index is 13.6. The number of aromatic nitrogens is 3. The molecule has 0 saturated carbocycles. The number of H-pyrrole nitrogens is 1.